The first kappa shape index (κ1) is 8.74. The van der Waals surface area contributed by atoms with Gasteiger partial charge in [-0.2, -0.15) is 11.3 Å². The molecule has 0 aromatic carbocycles. The summed E-state index contributed by atoms with van der Waals surface area (Å²) in [6, 6.07) is 1.87. The molecule has 0 aliphatic heterocycles. The van der Waals surface area contributed by atoms with Gasteiger partial charge in [-0.25, -0.2) is 0 Å². The van der Waals surface area contributed by atoms with Crippen LogP contribution in [0.3, 0.4) is 0 Å². The number of alkyl halides is 1. The number of thiophene rings is 1. The Hall–Kier alpha value is -0.350. The quantitative estimate of drug-likeness (QED) is 0.782. The van der Waals surface area contributed by atoms with Gasteiger partial charge in [0, 0.05) is 5.38 Å². The van der Waals surface area contributed by atoms with Gasteiger partial charge in [0.05, 0.1) is 10.5 Å². The highest BCUT2D eigenvalue weighted by Crippen LogP contribution is 2.12. The molecule has 0 saturated carbocycles. The van der Waals surface area contributed by atoms with Crippen LogP contribution in [0.5, 0.6) is 0 Å². The number of rotatable bonds is 2. The molecule has 0 saturated heterocycles. The average Bonchev–Trinajstić information content (AvgIpc) is 2.39. The molecule has 60 valence electrons. The van der Waals surface area contributed by atoms with E-state index in [9.17, 15) is 4.79 Å². The van der Waals surface area contributed by atoms with Gasteiger partial charge in [-0.05, 0) is 18.4 Å². The summed E-state index contributed by atoms with van der Waals surface area (Å²) in [6.07, 6.45) is 0. The van der Waals surface area contributed by atoms with Crippen molar-refractivity contribution < 1.29 is 4.79 Å². The van der Waals surface area contributed by atoms with Crippen molar-refractivity contribution in [3.63, 3.8) is 0 Å². The summed E-state index contributed by atoms with van der Waals surface area (Å²) in [7, 11) is 0. The molecule has 0 fully saturated rings. The van der Waals surface area contributed by atoms with Gasteiger partial charge in [-0.3, -0.25) is 4.79 Å². The molecular formula is C7H8BrNOS. The Morgan fingerprint density at radius 1 is 1.82 bits per heavy atom. The molecule has 0 aliphatic rings. The molecule has 0 spiro atoms. The monoisotopic (exact) mass is 233 g/mol. The minimum absolute atomic E-state index is 0.0107. The standard InChI is InChI=1S/C7H8BrNOS/c1-5(8)7(10)9-6-2-3-11-4-6/h2-5H,1H3,(H,9,10). The molecular weight excluding hydrogens is 226 g/mol. The molecule has 11 heavy (non-hydrogen) atoms. The SMILES string of the molecule is CC(Br)C(=O)Nc1ccsc1. The number of hydrogen-bond donors (Lipinski definition) is 1. The summed E-state index contributed by atoms with van der Waals surface area (Å²) in [4.78, 5) is 10.9. The molecule has 2 nitrogen and oxygen atoms in total. The topological polar surface area (TPSA) is 29.1 Å². The van der Waals surface area contributed by atoms with E-state index in [-0.39, 0.29) is 10.7 Å². The molecule has 1 heterocycles. The molecule has 1 rings (SSSR count). The van der Waals surface area contributed by atoms with Gasteiger partial charge in [0.15, 0.2) is 0 Å². The third-order valence-electron chi connectivity index (χ3n) is 1.15. The summed E-state index contributed by atoms with van der Waals surface area (Å²) in [5, 5.41) is 6.57. The Bertz CT molecular complexity index is 233. The van der Waals surface area contributed by atoms with Gasteiger partial charge < -0.3 is 5.32 Å². The molecule has 1 unspecified atom stereocenters. The van der Waals surface area contributed by atoms with Gasteiger partial charge >= 0.3 is 0 Å². The van der Waals surface area contributed by atoms with E-state index >= 15 is 0 Å². The Morgan fingerprint density at radius 2 is 2.55 bits per heavy atom. The number of carbonyl (C=O) groups excluding carboxylic acids is 1. The zero-order valence-electron chi connectivity index (χ0n) is 6.00. The second kappa shape index (κ2) is 3.88. The minimum atomic E-state index is -0.137. The van der Waals surface area contributed by atoms with Crippen molar-refractivity contribution in [3.05, 3.63) is 16.8 Å². The van der Waals surface area contributed by atoms with Crippen molar-refractivity contribution in [1.82, 2.24) is 0 Å². The van der Waals surface area contributed by atoms with E-state index in [0.717, 1.165) is 5.69 Å². The first-order valence-corrected chi connectivity index (χ1v) is 5.03. The van der Waals surface area contributed by atoms with Crippen LogP contribution in [0.1, 0.15) is 6.92 Å². The number of carbonyl (C=O) groups is 1. The number of halogens is 1. The summed E-state index contributed by atoms with van der Waals surface area (Å²) < 4.78 is 0. The van der Waals surface area contributed by atoms with Crippen molar-refractivity contribution in [2.45, 2.75) is 11.8 Å². The van der Waals surface area contributed by atoms with Crippen molar-refractivity contribution >= 4 is 38.9 Å². The van der Waals surface area contributed by atoms with Crippen molar-refractivity contribution in [1.29, 1.82) is 0 Å². The fraction of sp³-hybridized carbons (Fsp3) is 0.286. The second-order valence-electron chi connectivity index (χ2n) is 2.12. The van der Waals surface area contributed by atoms with Crippen LogP contribution in [0.25, 0.3) is 0 Å². The van der Waals surface area contributed by atoms with Gasteiger partial charge in [0.2, 0.25) is 5.91 Å². The van der Waals surface area contributed by atoms with Crippen molar-refractivity contribution in [2.75, 3.05) is 5.32 Å². The fourth-order valence-electron chi connectivity index (χ4n) is 0.577. The number of amides is 1. The highest BCUT2D eigenvalue weighted by atomic mass is 79.9. The van der Waals surface area contributed by atoms with Crippen LogP contribution in [0, 0.1) is 0 Å². The van der Waals surface area contributed by atoms with E-state index in [2.05, 4.69) is 21.2 Å². The normalized spacial score (nSPS) is 12.5. The number of anilines is 1. The zero-order valence-corrected chi connectivity index (χ0v) is 8.41. The highest BCUT2D eigenvalue weighted by molar-refractivity contribution is 9.10. The predicted molar refractivity (Wildman–Crippen MR) is 51.3 cm³/mol. The molecule has 1 aromatic heterocycles. The third-order valence-corrected chi connectivity index (χ3v) is 2.25. The van der Waals surface area contributed by atoms with Crippen LogP contribution in [-0.4, -0.2) is 10.7 Å². The first-order chi connectivity index (χ1) is 5.20. The van der Waals surface area contributed by atoms with E-state index in [1.54, 1.807) is 18.3 Å². The summed E-state index contributed by atoms with van der Waals surface area (Å²) in [5.41, 5.74) is 0.867. The Morgan fingerprint density at radius 3 is 3.00 bits per heavy atom. The minimum Gasteiger partial charge on any atom is -0.324 e. The van der Waals surface area contributed by atoms with Crippen LogP contribution in [0.15, 0.2) is 16.8 Å². The lowest BCUT2D eigenvalue weighted by molar-refractivity contribution is -0.115. The summed E-state index contributed by atoms with van der Waals surface area (Å²) in [6.45, 7) is 1.79. The van der Waals surface area contributed by atoms with Crippen LogP contribution < -0.4 is 5.32 Å². The third kappa shape index (κ3) is 2.63. The lowest BCUT2D eigenvalue weighted by Gasteiger charge is -2.02. The van der Waals surface area contributed by atoms with Crippen LogP contribution >= 0.6 is 27.3 Å². The molecule has 0 bridgehead atoms. The maximum Gasteiger partial charge on any atom is 0.237 e. The molecule has 1 atom stereocenters. The number of nitrogens with one attached hydrogen (secondary N) is 1. The smallest absolute Gasteiger partial charge is 0.237 e. The van der Waals surface area contributed by atoms with Crippen LogP contribution in [-0.2, 0) is 4.79 Å². The predicted octanol–water partition coefficient (Wildman–Crippen LogP) is 2.47. The van der Waals surface area contributed by atoms with Crippen LogP contribution in [0.4, 0.5) is 5.69 Å². The van der Waals surface area contributed by atoms with E-state index in [1.807, 2.05) is 16.8 Å². The largest absolute Gasteiger partial charge is 0.324 e. The summed E-state index contributed by atoms with van der Waals surface area (Å²) >= 11 is 4.74. The zero-order chi connectivity index (χ0) is 8.27. The summed E-state index contributed by atoms with van der Waals surface area (Å²) in [5.74, 6) is -0.0107. The highest BCUT2D eigenvalue weighted by Gasteiger charge is 2.07. The lowest BCUT2D eigenvalue weighted by atomic mass is 10.4. The van der Waals surface area contributed by atoms with Crippen molar-refractivity contribution in [2.24, 2.45) is 0 Å². The first-order valence-electron chi connectivity index (χ1n) is 3.17. The van der Waals surface area contributed by atoms with Gasteiger partial charge in [0.1, 0.15) is 0 Å². The second-order valence-corrected chi connectivity index (χ2v) is 4.27. The molecule has 4 heteroatoms. The Labute approximate surface area is 77.7 Å². The molecule has 1 aromatic rings. The van der Waals surface area contributed by atoms with E-state index in [4.69, 9.17) is 0 Å². The molecule has 0 radical (unpaired) electrons. The number of hydrogen-bond acceptors (Lipinski definition) is 2. The molecule has 0 aliphatic carbocycles. The molecule has 1 amide bonds. The van der Waals surface area contributed by atoms with E-state index in [0.29, 0.717) is 0 Å². The average molecular weight is 234 g/mol. The maximum atomic E-state index is 11.1. The maximum absolute atomic E-state index is 11.1. The van der Waals surface area contributed by atoms with Gasteiger partial charge in [0.25, 0.3) is 0 Å². The Kier molecular flexibility index (Phi) is 3.08. The fourth-order valence-corrected chi connectivity index (χ4v) is 1.28. The van der Waals surface area contributed by atoms with Crippen LogP contribution in [0.2, 0.25) is 0 Å². The van der Waals surface area contributed by atoms with Crippen molar-refractivity contribution in [3.8, 4) is 0 Å². The Balaban J connectivity index is 2.50. The van der Waals surface area contributed by atoms with E-state index in [1.165, 1.54) is 0 Å². The lowest BCUT2D eigenvalue weighted by Crippen LogP contribution is -2.19. The molecule has 1 N–H and O–H groups in total. The van der Waals surface area contributed by atoms with Gasteiger partial charge in [-0.15, -0.1) is 0 Å². The van der Waals surface area contributed by atoms with Gasteiger partial charge in [-0.1, -0.05) is 15.9 Å². The van der Waals surface area contributed by atoms with E-state index < -0.39 is 0 Å².